The average molecular weight is 184 g/mol. The maximum Gasteiger partial charge on any atom is 0.330 e. The Morgan fingerprint density at radius 3 is 2.38 bits per heavy atom. The highest BCUT2D eigenvalue weighted by atomic mass is 16.4. The van der Waals surface area contributed by atoms with Crippen LogP contribution in [0.4, 0.5) is 0 Å². The number of carboxylic acids is 1. The van der Waals surface area contributed by atoms with E-state index in [-0.39, 0.29) is 12.2 Å². The van der Waals surface area contributed by atoms with Crippen LogP contribution in [0.5, 0.6) is 0 Å². The quantitative estimate of drug-likeness (QED) is 0.682. The SMILES string of the molecule is C=C(C)C(=O)O.OCc1ccco1. The normalized spacial score (nSPS) is 8.46. The summed E-state index contributed by atoms with van der Waals surface area (Å²) in [4.78, 5) is 9.60. The molecule has 0 saturated carbocycles. The van der Waals surface area contributed by atoms with Crippen molar-refractivity contribution in [1.82, 2.24) is 0 Å². The lowest BCUT2D eigenvalue weighted by Crippen LogP contribution is -1.92. The van der Waals surface area contributed by atoms with Crippen LogP contribution in [0.3, 0.4) is 0 Å². The molecule has 1 heterocycles. The van der Waals surface area contributed by atoms with E-state index in [4.69, 9.17) is 14.6 Å². The Kier molecular flexibility index (Phi) is 5.30. The second kappa shape index (κ2) is 6.02. The fourth-order valence-electron chi connectivity index (χ4n) is 0.403. The Hall–Kier alpha value is -1.55. The molecule has 13 heavy (non-hydrogen) atoms. The van der Waals surface area contributed by atoms with Crippen molar-refractivity contribution in [3.63, 3.8) is 0 Å². The minimum Gasteiger partial charge on any atom is -0.478 e. The van der Waals surface area contributed by atoms with Gasteiger partial charge in [0.1, 0.15) is 12.4 Å². The van der Waals surface area contributed by atoms with Crippen molar-refractivity contribution in [3.8, 4) is 0 Å². The summed E-state index contributed by atoms with van der Waals surface area (Å²) >= 11 is 0. The van der Waals surface area contributed by atoms with Crippen LogP contribution in [-0.2, 0) is 11.4 Å². The molecule has 0 atom stereocenters. The fraction of sp³-hybridized carbons (Fsp3) is 0.222. The third-order valence-electron chi connectivity index (χ3n) is 1.10. The van der Waals surface area contributed by atoms with E-state index in [1.807, 2.05) is 0 Å². The molecule has 0 bridgehead atoms. The highest BCUT2D eigenvalue weighted by Gasteiger charge is 1.90. The first kappa shape index (κ1) is 11.4. The Morgan fingerprint density at radius 2 is 2.23 bits per heavy atom. The number of rotatable bonds is 2. The monoisotopic (exact) mass is 184 g/mol. The Bertz CT molecular complexity index is 249. The molecule has 2 N–H and O–H groups in total. The Balaban J connectivity index is 0.000000226. The van der Waals surface area contributed by atoms with Crippen LogP contribution in [0.25, 0.3) is 0 Å². The molecule has 1 aromatic rings. The Morgan fingerprint density at radius 1 is 1.69 bits per heavy atom. The van der Waals surface area contributed by atoms with Crippen molar-refractivity contribution in [2.24, 2.45) is 0 Å². The van der Waals surface area contributed by atoms with Crippen molar-refractivity contribution in [2.45, 2.75) is 13.5 Å². The molecule has 0 aliphatic rings. The molecule has 0 aliphatic heterocycles. The van der Waals surface area contributed by atoms with E-state index < -0.39 is 5.97 Å². The molecule has 4 nitrogen and oxygen atoms in total. The van der Waals surface area contributed by atoms with Crippen LogP contribution >= 0.6 is 0 Å². The molecular formula is C9H12O4. The Labute approximate surface area is 76.1 Å². The predicted molar refractivity (Wildman–Crippen MR) is 47.1 cm³/mol. The predicted octanol–water partition coefficient (Wildman–Crippen LogP) is 1.42. The fourth-order valence-corrected chi connectivity index (χ4v) is 0.403. The van der Waals surface area contributed by atoms with Crippen LogP contribution in [0.2, 0.25) is 0 Å². The second-order valence-corrected chi connectivity index (χ2v) is 2.32. The van der Waals surface area contributed by atoms with Gasteiger partial charge >= 0.3 is 5.97 Å². The van der Waals surface area contributed by atoms with Crippen LogP contribution in [0.15, 0.2) is 35.0 Å². The van der Waals surface area contributed by atoms with E-state index in [2.05, 4.69) is 6.58 Å². The zero-order valence-corrected chi connectivity index (χ0v) is 7.36. The molecular weight excluding hydrogens is 172 g/mol. The summed E-state index contributed by atoms with van der Waals surface area (Å²) in [5, 5.41) is 16.2. The molecule has 1 aromatic heterocycles. The van der Waals surface area contributed by atoms with Gasteiger partial charge in [-0.05, 0) is 19.1 Å². The number of carboxylic acid groups (broad SMARTS) is 1. The van der Waals surface area contributed by atoms with Crippen LogP contribution in [0.1, 0.15) is 12.7 Å². The summed E-state index contributed by atoms with van der Waals surface area (Å²) in [6, 6.07) is 3.46. The van der Waals surface area contributed by atoms with E-state index >= 15 is 0 Å². The zero-order valence-electron chi connectivity index (χ0n) is 7.36. The van der Waals surface area contributed by atoms with Crippen molar-refractivity contribution < 1.29 is 19.4 Å². The van der Waals surface area contributed by atoms with Crippen molar-refractivity contribution in [2.75, 3.05) is 0 Å². The summed E-state index contributed by atoms with van der Waals surface area (Å²) in [5.41, 5.74) is 0.176. The van der Waals surface area contributed by atoms with Crippen LogP contribution < -0.4 is 0 Å². The third kappa shape index (κ3) is 5.69. The molecule has 0 unspecified atom stereocenters. The highest BCUT2D eigenvalue weighted by molar-refractivity contribution is 5.84. The van der Waals surface area contributed by atoms with Gasteiger partial charge in [-0.25, -0.2) is 4.79 Å². The van der Waals surface area contributed by atoms with Gasteiger partial charge in [0.2, 0.25) is 0 Å². The molecule has 0 spiro atoms. The largest absolute Gasteiger partial charge is 0.478 e. The number of aliphatic hydroxyl groups is 1. The van der Waals surface area contributed by atoms with E-state index in [1.54, 1.807) is 12.1 Å². The van der Waals surface area contributed by atoms with Gasteiger partial charge in [0, 0.05) is 5.57 Å². The minimum atomic E-state index is -0.935. The second-order valence-electron chi connectivity index (χ2n) is 2.32. The summed E-state index contributed by atoms with van der Waals surface area (Å²) in [7, 11) is 0. The molecule has 0 radical (unpaired) electrons. The van der Waals surface area contributed by atoms with Crippen LogP contribution in [0, 0.1) is 0 Å². The number of aliphatic hydroxyl groups excluding tert-OH is 1. The lowest BCUT2D eigenvalue weighted by Gasteiger charge is -1.79. The first-order valence-corrected chi connectivity index (χ1v) is 3.60. The van der Waals surface area contributed by atoms with Gasteiger partial charge in [0.15, 0.2) is 0 Å². The van der Waals surface area contributed by atoms with E-state index in [9.17, 15) is 4.79 Å². The maximum atomic E-state index is 9.60. The van der Waals surface area contributed by atoms with E-state index in [1.165, 1.54) is 13.2 Å². The summed E-state index contributed by atoms with van der Waals surface area (Å²) in [6.45, 7) is 4.59. The maximum absolute atomic E-state index is 9.60. The molecule has 0 amide bonds. The van der Waals surface area contributed by atoms with E-state index in [0.29, 0.717) is 5.76 Å². The number of aliphatic carboxylic acids is 1. The van der Waals surface area contributed by atoms with Gasteiger partial charge in [0.05, 0.1) is 6.26 Å². The smallest absolute Gasteiger partial charge is 0.330 e. The lowest BCUT2D eigenvalue weighted by molar-refractivity contribution is -0.132. The van der Waals surface area contributed by atoms with Gasteiger partial charge in [-0.15, -0.1) is 0 Å². The number of hydrogen-bond donors (Lipinski definition) is 2. The van der Waals surface area contributed by atoms with Crippen molar-refractivity contribution in [1.29, 1.82) is 0 Å². The lowest BCUT2D eigenvalue weighted by atomic mass is 10.4. The molecule has 0 saturated heterocycles. The summed E-state index contributed by atoms with van der Waals surface area (Å²) in [6.07, 6.45) is 1.53. The van der Waals surface area contributed by atoms with Gasteiger partial charge < -0.3 is 14.6 Å². The summed E-state index contributed by atoms with van der Waals surface area (Å²) < 4.78 is 4.73. The number of furan rings is 1. The highest BCUT2D eigenvalue weighted by Crippen LogP contribution is 1.96. The van der Waals surface area contributed by atoms with Gasteiger partial charge in [0.25, 0.3) is 0 Å². The number of hydrogen-bond acceptors (Lipinski definition) is 3. The molecule has 0 fully saturated rings. The summed E-state index contributed by atoms with van der Waals surface area (Å²) in [5.74, 6) is -0.324. The van der Waals surface area contributed by atoms with Gasteiger partial charge in [-0.3, -0.25) is 0 Å². The molecule has 0 aromatic carbocycles. The molecule has 72 valence electrons. The standard InChI is InChI=1S/C5H6O2.C4H6O2/c6-4-5-2-1-3-7-5;1-3(2)4(5)6/h1-3,6H,4H2;1H2,2H3,(H,5,6). The molecule has 4 heteroatoms. The number of carbonyl (C=O) groups is 1. The average Bonchev–Trinajstić information content (AvgIpc) is 2.56. The van der Waals surface area contributed by atoms with Crippen molar-refractivity contribution in [3.05, 3.63) is 36.3 Å². The first-order chi connectivity index (χ1) is 6.07. The topological polar surface area (TPSA) is 70.7 Å². The van der Waals surface area contributed by atoms with Gasteiger partial charge in [-0.2, -0.15) is 0 Å². The first-order valence-electron chi connectivity index (χ1n) is 3.60. The van der Waals surface area contributed by atoms with Crippen LogP contribution in [-0.4, -0.2) is 16.2 Å². The molecule has 1 rings (SSSR count). The minimum absolute atomic E-state index is 0.00694. The molecule has 0 aliphatic carbocycles. The van der Waals surface area contributed by atoms with Crippen molar-refractivity contribution >= 4 is 5.97 Å². The van der Waals surface area contributed by atoms with Gasteiger partial charge in [-0.1, -0.05) is 6.58 Å². The van der Waals surface area contributed by atoms with E-state index in [0.717, 1.165) is 0 Å². The third-order valence-corrected chi connectivity index (χ3v) is 1.10. The zero-order chi connectivity index (χ0) is 10.3.